The molecule has 0 saturated carbocycles. The Kier molecular flexibility index (Phi) is 6.31. The second kappa shape index (κ2) is 7.91. The van der Waals surface area contributed by atoms with Gasteiger partial charge in [-0.05, 0) is 24.0 Å². The lowest BCUT2D eigenvalue weighted by atomic mass is 10.1. The summed E-state index contributed by atoms with van der Waals surface area (Å²) in [7, 11) is 0. The molecular weight excluding hydrogens is 198 g/mol. The summed E-state index contributed by atoms with van der Waals surface area (Å²) in [6, 6.07) is 8.38. The molecule has 0 heterocycles. The van der Waals surface area contributed by atoms with Gasteiger partial charge in [-0.2, -0.15) is 0 Å². The van der Waals surface area contributed by atoms with Crippen molar-refractivity contribution in [2.45, 2.75) is 39.5 Å². The zero-order chi connectivity index (χ0) is 11.6. The Bertz CT molecular complexity index is 303. The summed E-state index contributed by atoms with van der Waals surface area (Å²) in [5.41, 5.74) is 2.44. The van der Waals surface area contributed by atoms with Gasteiger partial charge in [0.2, 0.25) is 0 Å². The highest BCUT2D eigenvalue weighted by molar-refractivity contribution is 5.79. The molecule has 0 spiro atoms. The topological polar surface area (TPSA) is 21.6 Å². The predicted octanol–water partition coefficient (Wildman–Crippen LogP) is 3.79. The van der Waals surface area contributed by atoms with Crippen LogP contribution < -0.4 is 0 Å². The van der Waals surface area contributed by atoms with Gasteiger partial charge >= 0.3 is 0 Å². The molecule has 0 aromatic heterocycles. The van der Waals surface area contributed by atoms with Crippen molar-refractivity contribution < 1.29 is 4.84 Å². The molecule has 0 N–H and O–H groups in total. The van der Waals surface area contributed by atoms with Crippen LogP contribution in [-0.4, -0.2) is 12.8 Å². The second-order valence-corrected chi connectivity index (χ2v) is 3.87. The fourth-order valence-electron chi connectivity index (χ4n) is 1.41. The summed E-state index contributed by atoms with van der Waals surface area (Å²) in [5, 5.41) is 3.94. The highest BCUT2D eigenvalue weighted by Crippen LogP contribution is 2.03. The molecule has 1 aromatic carbocycles. The third-order valence-corrected chi connectivity index (χ3v) is 2.50. The number of nitrogens with zero attached hydrogens (tertiary/aromatic N) is 1. The van der Waals surface area contributed by atoms with Crippen molar-refractivity contribution in [3.05, 3.63) is 35.4 Å². The summed E-state index contributed by atoms with van der Waals surface area (Å²) in [5.74, 6) is 0. The van der Waals surface area contributed by atoms with Gasteiger partial charge in [0.15, 0.2) is 0 Å². The van der Waals surface area contributed by atoms with Crippen LogP contribution in [0.5, 0.6) is 0 Å². The number of oxime groups is 1. The first-order chi connectivity index (χ1) is 7.86. The molecule has 0 bridgehead atoms. The fourth-order valence-corrected chi connectivity index (χ4v) is 1.41. The first-order valence-corrected chi connectivity index (χ1v) is 6.11. The van der Waals surface area contributed by atoms with Crippen LogP contribution in [0.4, 0.5) is 0 Å². The SMILES string of the molecule is CCCCCON=Cc1ccc(CC)cc1. The maximum Gasteiger partial charge on any atom is 0.117 e. The molecular formula is C14H21NO. The maximum atomic E-state index is 5.17. The summed E-state index contributed by atoms with van der Waals surface area (Å²) in [6.45, 7) is 5.05. The Labute approximate surface area is 98.3 Å². The van der Waals surface area contributed by atoms with Crippen molar-refractivity contribution in [2.75, 3.05) is 6.61 Å². The smallest absolute Gasteiger partial charge is 0.117 e. The molecule has 0 atom stereocenters. The Morgan fingerprint density at radius 1 is 1.12 bits per heavy atom. The van der Waals surface area contributed by atoms with E-state index in [4.69, 9.17) is 4.84 Å². The number of unbranched alkanes of at least 4 members (excludes halogenated alkanes) is 2. The summed E-state index contributed by atoms with van der Waals surface area (Å²) < 4.78 is 0. The Morgan fingerprint density at radius 2 is 1.88 bits per heavy atom. The average molecular weight is 219 g/mol. The molecule has 0 radical (unpaired) electrons. The molecule has 0 amide bonds. The van der Waals surface area contributed by atoms with E-state index >= 15 is 0 Å². The van der Waals surface area contributed by atoms with Crippen molar-refractivity contribution in [2.24, 2.45) is 5.16 Å². The normalized spacial score (nSPS) is 10.9. The largest absolute Gasteiger partial charge is 0.396 e. The summed E-state index contributed by atoms with van der Waals surface area (Å²) in [6.07, 6.45) is 6.35. The summed E-state index contributed by atoms with van der Waals surface area (Å²) >= 11 is 0. The van der Waals surface area contributed by atoms with Crippen molar-refractivity contribution in [3.8, 4) is 0 Å². The minimum Gasteiger partial charge on any atom is -0.396 e. The molecule has 0 fully saturated rings. The van der Waals surface area contributed by atoms with Crippen LogP contribution in [0.15, 0.2) is 29.4 Å². The number of hydrogen-bond acceptors (Lipinski definition) is 2. The van der Waals surface area contributed by atoms with Crippen LogP contribution in [0.3, 0.4) is 0 Å². The van der Waals surface area contributed by atoms with Crippen molar-refractivity contribution in [3.63, 3.8) is 0 Å². The monoisotopic (exact) mass is 219 g/mol. The Morgan fingerprint density at radius 3 is 2.50 bits per heavy atom. The van der Waals surface area contributed by atoms with Gasteiger partial charge in [0.25, 0.3) is 0 Å². The van der Waals surface area contributed by atoms with Gasteiger partial charge < -0.3 is 4.84 Å². The van der Waals surface area contributed by atoms with Crippen LogP contribution >= 0.6 is 0 Å². The number of benzene rings is 1. The van der Waals surface area contributed by atoms with Gasteiger partial charge in [0.1, 0.15) is 6.61 Å². The van der Waals surface area contributed by atoms with Gasteiger partial charge in [-0.15, -0.1) is 0 Å². The van der Waals surface area contributed by atoms with E-state index in [0.29, 0.717) is 0 Å². The van der Waals surface area contributed by atoms with E-state index < -0.39 is 0 Å². The van der Waals surface area contributed by atoms with E-state index in [1.54, 1.807) is 6.21 Å². The van der Waals surface area contributed by atoms with Crippen molar-refractivity contribution in [1.29, 1.82) is 0 Å². The van der Waals surface area contributed by atoms with E-state index in [1.807, 2.05) is 0 Å². The third kappa shape index (κ3) is 4.96. The molecule has 0 unspecified atom stereocenters. The number of aryl methyl sites for hydroxylation is 1. The predicted molar refractivity (Wildman–Crippen MR) is 68.9 cm³/mol. The van der Waals surface area contributed by atoms with Crippen LogP contribution in [0.2, 0.25) is 0 Å². The molecule has 1 rings (SSSR count). The van der Waals surface area contributed by atoms with Crippen LogP contribution in [-0.2, 0) is 11.3 Å². The standard InChI is InChI=1S/C14H21NO/c1-3-5-6-11-16-15-12-14-9-7-13(4-2)8-10-14/h7-10,12H,3-6,11H2,1-2H3. The molecule has 2 heteroatoms. The van der Waals surface area contributed by atoms with Gasteiger partial charge in [-0.3, -0.25) is 0 Å². The first-order valence-electron chi connectivity index (χ1n) is 6.11. The van der Waals surface area contributed by atoms with Crippen molar-refractivity contribution >= 4 is 6.21 Å². The highest BCUT2D eigenvalue weighted by Gasteiger charge is 1.90. The molecule has 0 aliphatic rings. The zero-order valence-corrected chi connectivity index (χ0v) is 10.3. The average Bonchev–Trinajstić information content (AvgIpc) is 2.34. The lowest BCUT2D eigenvalue weighted by Crippen LogP contribution is -1.89. The Balaban J connectivity index is 2.27. The second-order valence-electron chi connectivity index (χ2n) is 3.87. The minimum absolute atomic E-state index is 0.720. The van der Waals surface area contributed by atoms with Crippen LogP contribution in [0.1, 0.15) is 44.2 Å². The van der Waals surface area contributed by atoms with E-state index in [2.05, 4.69) is 43.3 Å². The Hall–Kier alpha value is -1.31. The minimum atomic E-state index is 0.720. The molecule has 88 valence electrons. The fraction of sp³-hybridized carbons (Fsp3) is 0.500. The molecule has 1 aromatic rings. The first kappa shape index (κ1) is 12.8. The van der Waals surface area contributed by atoms with Gasteiger partial charge in [-0.1, -0.05) is 56.1 Å². The van der Waals surface area contributed by atoms with E-state index in [-0.39, 0.29) is 0 Å². The van der Waals surface area contributed by atoms with E-state index in [0.717, 1.165) is 25.0 Å². The quantitative estimate of drug-likeness (QED) is 0.388. The maximum absolute atomic E-state index is 5.17. The molecule has 16 heavy (non-hydrogen) atoms. The van der Waals surface area contributed by atoms with E-state index in [9.17, 15) is 0 Å². The molecule has 2 nitrogen and oxygen atoms in total. The van der Waals surface area contributed by atoms with Gasteiger partial charge in [0, 0.05) is 0 Å². The van der Waals surface area contributed by atoms with Gasteiger partial charge in [0.05, 0.1) is 6.21 Å². The van der Waals surface area contributed by atoms with Crippen LogP contribution in [0.25, 0.3) is 0 Å². The highest BCUT2D eigenvalue weighted by atomic mass is 16.6. The molecule has 0 saturated heterocycles. The van der Waals surface area contributed by atoms with E-state index in [1.165, 1.54) is 18.4 Å². The van der Waals surface area contributed by atoms with Crippen molar-refractivity contribution in [1.82, 2.24) is 0 Å². The zero-order valence-electron chi connectivity index (χ0n) is 10.3. The van der Waals surface area contributed by atoms with Crippen LogP contribution in [0, 0.1) is 0 Å². The third-order valence-electron chi connectivity index (χ3n) is 2.50. The summed E-state index contributed by atoms with van der Waals surface area (Å²) in [4.78, 5) is 5.17. The number of hydrogen-bond donors (Lipinski definition) is 0. The lowest BCUT2D eigenvalue weighted by molar-refractivity contribution is 0.141. The number of rotatable bonds is 7. The molecule has 0 aliphatic carbocycles. The molecule has 0 aliphatic heterocycles. The van der Waals surface area contributed by atoms with Gasteiger partial charge in [-0.25, -0.2) is 0 Å². The lowest BCUT2D eigenvalue weighted by Gasteiger charge is -1.98.